The van der Waals surface area contributed by atoms with Gasteiger partial charge in [-0.2, -0.15) is 18.3 Å². The molecule has 3 aromatic rings. The maximum absolute atomic E-state index is 12.5. The fourth-order valence-electron chi connectivity index (χ4n) is 3.55. The van der Waals surface area contributed by atoms with Crippen LogP contribution >= 0.6 is 0 Å². The fraction of sp³-hybridized carbons (Fsp3) is 0.333. The number of rotatable bonds is 6. The second-order valence-electron chi connectivity index (χ2n) is 7.62. The summed E-state index contributed by atoms with van der Waals surface area (Å²) in [4.78, 5) is 11.7. The van der Waals surface area contributed by atoms with Crippen LogP contribution in [0.25, 0.3) is 10.9 Å². The van der Waals surface area contributed by atoms with Gasteiger partial charge in [0, 0.05) is 17.8 Å². The van der Waals surface area contributed by atoms with Gasteiger partial charge in [0.2, 0.25) is 5.91 Å². The highest BCUT2D eigenvalue weighted by molar-refractivity contribution is 5.79. The van der Waals surface area contributed by atoms with Gasteiger partial charge in [-0.15, -0.1) is 0 Å². The van der Waals surface area contributed by atoms with Crippen molar-refractivity contribution >= 4 is 16.8 Å². The number of hydrogen-bond acceptors (Lipinski definition) is 2. The van der Waals surface area contributed by atoms with E-state index in [2.05, 4.69) is 15.5 Å². The Labute approximate surface area is 161 Å². The lowest BCUT2D eigenvalue weighted by Crippen LogP contribution is -2.39. The van der Waals surface area contributed by atoms with Crippen LogP contribution in [0, 0.1) is 5.41 Å². The maximum atomic E-state index is 12.5. The smallest absolute Gasteiger partial charge is 0.355 e. The zero-order valence-electron chi connectivity index (χ0n) is 15.7. The average molecular weight is 389 g/mol. The molecule has 0 radical (unpaired) electrons. The minimum Gasteiger partial charge on any atom is -0.355 e. The average Bonchev–Trinajstić information content (AvgIpc) is 3.07. The van der Waals surface area contributed by atoms with Crippen molar-refractivity contribution in [1.29, 1.82) is 0 Å². The van der Waals surface area contributed by atoms with Gasteiger partial charge in [0.1, 0.15) is 6.42 Å². The first kappa shape index (κ1) is 19.9. The molecule has 0 aliphatic rings. The van der Waals surface area contributed by atoms with Gasteiger partial charge in [0.15, 0.2) is 0 Å². The Morgan fingerprint density at radius 3 is 2.50 bits per heavy atom. The molecule has 7 heteroatoms. The van der Waals surface area contributed by atoms with Crippen molar-refractivity contribution in [2.24, 2.45) is 5.41 Å². The number of H-pyrrole nitrogens is 1. The van der Waals surface area contributed by atoms with Crippen LogP contribution in [-0.4, -0.2) is 28.8 Å². The van der Waals surface area contributed by atoms with E-state index < -0.39 is 23.9 Å². The molecule has 0 aliphatic heterocycles. The first-order valence-electron chi connectivity index (χ1n) is 8.97. The number of aromatic nitrogens is 2. The van der Waals surface area contributed by atoms with Gasteiger partial charge in [-0.3, -0.25) is 9.89 Å². The largest absolute Gasteiger partial charge is 0.397 e. The van der Waals surface area contributed by atoms with E-state index in [4.69, 9.17) is 0 Å². The van der Waals surface area contributed by atoms with E-state index in [9.17, 15) is 18.0 Å². The van der Waals surface area contributed by atoms with Crippen LogP contribution in [0.1, 0.15) is 37.3 Å². The van der Waals surface area contributed by atoms with Gasteiger partial charge < -0.3 is 5.32 Å². The molecule has 1 unspecified atom stereocenters. The molecule has 3 rings (SSSR count). The van der Waals surface area contributed by atoms with Crippen molar-refractivity contribution in [2.75, 3.05) is 6.54 Å². The molecular weight excluding hydrogens is 367 g/mol. The van der Waals surface area contributed by atoms with Crippen molar-refractivity contribution in [1.82, 2.24) is 15.5 Å². The molecule has 1 heterocycles. The molecular formula is C21H22F3N3O. The van der Waals surface area contributed by atoms with E-state index in [1.54, 1.807) is 6.20 Å². The number of hydrogen-bond donors (Lipinski definition) is 2. The predicted molar refractivity (Wildman–Crippen MR) is 102 cm³/mol. The first-order chi connectivity index (χ1) is 13.2. The molecule has 2 N–H and O–H groups in total. The Hall–Kier alpha value is -2.83. The Morgan fingerprint density at radius 1 is 1.11 bits per heavy atom. The summed E-state index contributed by atoms with van der Waals surface area (Å²) < 4.78 is 37.4. The van der Waals surface area contributed by atoms with Crippen LogP contribution in [0.5, 0.6) is 0 Å². The van der Waals surface area contributed by atoms with Crippen LogP contribution < -0.4 is 5.32 Å². The summed E-state index contributed by atoms with van der Waals surface area (Å²) in [5, 5.41) is 10.4. The van der Waals surface area contributed by atoms with Crippen molar-refractivity contribution < 1.29 is 18.0 Å². The van der Waals surface area contributed by atoms with Gasteiger partial charge >= 0.3 is 6.18 Å². The molecule has 2 aromatic carbocycles. The third kappa shape index (κ3) is 4.71. The summed E-state index contributed by atoms with van der Waals surface area (Å²) in [6.45, 7) is 4.00. The summed E-state index contributed by atoms with van der Waals surface area (Å²) in [6.07, 6.45) is -4.25. The topological polar surface area (TPSA) is 57.8 Å². The summed E-state index contributed by atoms with van der Waals surface area (Å²) in [7, 11) is 0. The van der Waals surface area contributed by atoms with Crippen LogP contribution in [0.4, 0.5) is 13.2 Å². The Kier molecular flexibility index (Phi) is 5.45. The SMILES string of the molecule is CC(C)(CNC(=O)CC(F)(F)F)C(c1ccccc1)c1ccc2[nH]ncc2c1. The van der Waals surface area contributed by atoms with Crippen molar-refractivity contribution in [3.8, 4) is 0 Å². The summed E-state index contributed by atoms with van der Waals surface area (Å²) in [5.74, 6) is -1.14. The van der Waals surface area contributed by atoms with Crippen LogP contribution in [0.15, 0.2) is 54.7 Å². The second-order valence-corrected chi connectivity index (χ2v) is 7.62. The predicted octanol–water partition coefficient (Wildman–Crippen LogP) is 4.79. The van der Waals surface area contributed by atoms with Gasteiger partial charge in [0.25, 0.3) is 0 Å². The Morgan fingerprint density at radius 2 is 1.82 bits per heavy atom. The number of benzene rings is 2. The molecule has 1 atom stereocenters. The zero-order chi connectivity index (χ0) is 20.4. The lowest BCUT2D eigenvalue weighted by atomic mass is 9.71. The molecule has 0 bridgehead atoms. The van der Waals surface area contributed by atoms with Gasteiger partial charge in [-0.1, -0.05) is 50.2 Å². The number of carbonyl (C=O) groups is 1. The number of carbonyl (C=O) groups excluding carboxylic acids is 1. The summed E-state index contributed by atoms with van der Waals surface area (Å²) >= 11 is 0. The monoisotopic (exact) mass is 389 g/mol. The summed E-state index contributed by atoms with van der Waals surface area (Å²) in [5.41, 5.74) is 2.42. The van der Waals surface area contributed by atoms with Gasteiger partial charge in [0.05, 0.1) is 11.7 Å². The molecule has 28 heavy (non-hydrogen) atoms. The second kappa shape index (κ2) is 7.66. The quantitative estimate of drug-likeness (QED) is 0.637. The van der Waals surface area contributed by atoms with Gasteiger partial charge in [-0.25, -0.2) is 0 Å². The van der Waals surface area contributed by atoms with Gasteiger partial charge in [-0.05, 0) is 28.7 Å². The number of alkyl halides is 3. The van der Waals surface area contributed by atoms with Crippen molar-refractivity contribution in [3.05, 3.63) is 65.9 Å². The minimum atomic E-state index is -4.51. The molecule has 0 spiro atoms. The van der Waals surface area contributed by atoms with E-state index in [0.717, 1.165) is 22.0 Å². The third-order valence-corrected chi connectivity index (χ3v) is 4.81. The molecule has 0 fully saturated rings. The molecule has 148 valence electrons. The highest BCUT2D eigenvalue weighted by Crippen LogP contribution is 2.41. The molecule has 1 amide bonds. The number of fused-ring (bicyclic) bond motifs is 1. The molecule has 0 aliphatic carbocycles. The standard InChI is InChI=1S/C21H22F3N3O/c1-20(2,13-25-18(28)11-21(22,23)24)19(14-6-4-3-5-7-14)15-8-9-17-16(10-15)12-26-27-17/h3-10,12,19H,11,13H2,1-2H3,(H,25,28)(H,26,27). The Bertz CT molecular complexity index is 948. The maximum Gasteiger partial charge on any atom is 0.397 e. The van der Waals surface area contributed by atoms with E-state index in [1.165, 1.54) is 0 Å². The highest BCUT2D eigenvalue weighted by Gasteiger charge is 2.35. The van der Waals surface area contributed by atoms with E-state index in [0.29, 0.717) is 0 Å². The van der Waals surface area contributed by atoms with Crippen molar-refractivity contribution in [3.63, 3.8) is 0 Å². The van der Waals surface area contributed by atoms with E-state index in [1.807, 2.05) is 62.4 Å². The summed E-state index contributed by atoms with van der Waals surface area (Å²) in [6, 6.07) is 15.7. The fourth-order valence-corrected chi connectivity index (χ4v) is 3.55. The molecule has 1 aromatic heterocycles. The molecule has 4 nitrogen and oxygen atoms in total. The lowest BCUT2D eigenvalue weighted by Gasteiger charge is -2.35. The Balaban J connectivity index is 1.90. The van der Waals surface area contributed by atoms with E-state index in [-0.39, 0.29) is 12.5 Å². The van der Waals surface area contributed by atoms with Crippen LogP contribution in [0.2, 0.25) is 0 Å². The normalized spacial score (nSPS) is 13.5. The van der Waals surface area contributed by atoms with Crippen molar-refractivity contribution in [2.45, 2.75) is 32.4 Å². The number of amides is 1. The first-order valence-corrected chi connectivity index (χ1v) is 8.97. The number of halogens is 3. The molecule has 0 saturated carbocycles. The molecule has 0 saturated heterocycles. The number of aromatic amines is 1. The van der Waals surface area contributed by atoms with Crippen LogP contribution in [-0.2, 0) is 4.79 Å². The minimum absolute atomic E-state index is 0.116. The zero-order valence-corrected chi connectivity index (χ0v) is 15.7. The number of nitrogens with one attached hydrogen (secondary N) is 2. The number of nitrogens with zero attached hydrogens (tertiary/aromatic N) is 1. The highest BCUT2D eigenvalue weighted by atomic mass is 19.4. The van der Waals surface area contributed by atoms with E-state index >= 15 is 0 Å². The van der Waals surface area contributed by atoms with Crippen LogP contribution in [0.3, 0.4) is 0 Å². The third-order valence-electron chi connectivity index (χ3n) is 4.81. The lowest BCUT2D eigenvalue weighted by molar-refractivity contribution is -0.154.